The van der Waals surface area contributed by atoms with Crippen molar-refractivity contribution in [3.63, 3.8) is 0 Å². The van der Waals surface area contributed by atoms with E-state index in [-0.39, 0.29) is 0 Å². The molecule has 0 spiro atoms. The molecule has 3 N–H and O–H groups in total. The summed E-state index contributed by atoms with van der Waals surface area (Å²) < 4.78 is 0. The Kier molecular flexibility index (Phi) is 14.4. The molecule has 0 radical (unpaired) electrons. The van der Waals surface area contributed by atoms with Gasteiger partial charge in [-0.1, -0.05) is 92.0 Å². The molecule has 0 saturated carbocycles. The average molecular weight is 383 g/mol. The highest BCUT2D eigenvalue weighted by molar-refractivity contribution is 6.10. The molecule has 2 heteroatoms. The maximum absolute atomic E-state index is 6.02. The van der Waals surface area contributed by atoms with Crippen molar-refractivity contribution in [1.29, 1.82) is 0 Å². The average Bonchev–Trinajstić information content (AvgIpc) is 2.75. The number of nitrogens with two attached hydrogens (primary N) is 1. The van der Waals surface area contributed by atoms with Crippen LogP contribution in [0.5, 0.6) is 0 Å². The van der Waals surface area contributed by atoms with E-state index in [9.17, 15) is 0 Å². The fourth-order valence-electron chi connectivity index (χ4n) is 2.81. The van der Waals surface area contributed by atoms with Gasteiger partial charge in [0.15, 0.2) is 0 Å². The van der Waals surface area contributed by atoms with Crippen molar-refractivity contribution in [2.75, 3.05) is 12.4 Å². The number of benzene rings is 2. The minimum absolute atomic E-state index is 0.564. The third-order valence-electron chi connectivity index (χ3n) is 4.04. The summed E-state index contributed by atoms with van der Waals surface area (Å²) in [4.78, 5) is 0. The first-order valence-electron chi connectivity index (χ1n) is 10.5. The lowest BCUT2D eigenvalue weighted by molar-refractivity contribution is 1.25. The minimum Gasteiger partial charge on any atom is -0.399 e. The van der Waals surface area contributed by atoms with Gasteiger partial charge in [-0.05, 0) is 41.5 Å². The van der Waals surface area contributed by atoms with E-state index in [1.807, 2.05) is 61.6 Å². The summed E-state index contributed by atoms with van der Waals surface area (Å²) in [7, 11) is 1.92. The molecule has 0 fully saturated rings. The molecule has 0 bridgehead atoms. The molecule has 0 aromatic heterocycles. The summed E-state index contributed by atoms with van der Waals surface area (Å²) in [6.45, 7) is 28.4. The highest BCUT2D eigenvalue weighted by atomic mass is 14.8. The van der Waals surface area contributed by atoms with Gasteiger partial charge in [0.05, 0.1) is 0 Å². The number of nitrogens with one attached hydrogen (secondary N) is 1. The molecular formula is C26H42N2. The quantitative estimate of drug-likeness (QED) is 0.545. The maximum Gasteiger partial charge on any atom is 0.0424 e. The number of fused-ring (bicyclic) bond motifs is 1. The van der Waals surface area contributed by atoms with E-state index in [0.717, 1.165) is 50.7 Å². The van der Waals surface area contributed by atoms with Crippen molar-refractivity contribution in [2.24, 2.45) is 5.73 Å². The molecule has 0 saturated heterocycles. The molecule has 0 aliphatic rings. The molecule has 2 aromatic carbocycles. The van der Waals surface area contributed by atoms with Crippen LogP contribution in [0.1, 0.15) is 78.5 Å². The summed E-state index contributed by atoms with van der Waals surface area (Å²) >= 11 is 0. The number of allylic oxidation sites excluding steroid dienone is 2. The molecule has 0 aliphatic carbocycles. The Morgan fingerprint density at radius 2 is 1.29 bits per heavy atom. The summed E-state index contributed by atoms with van der Waals surface area (Å²) in [5.41, 5.74) is 13.0. The standard InChI is InChI=1S/C20H24N2.3C2H6/c1-7-13(4)16-8-9-17(14(5)21)20-18(22-6)11-10-15(12(2)3)19(16)20;3*1-2/h8-11,22H,2,4-5,7,21H2,1,3,6H3;3*1-2H3. The van der Waals surface area contributed by atoms with Crippen LogP contribution in [-0.2, 0) is 0 Å². The maximum atomic E-state index is 6.02. The molecule has 156 valence electrons. The van der Waals surface area contributed by atoms with Gasteiger partial charge in [0.25, 0.3) is 0 Å². The summed E-state index contributed by atoms with van der Waals surface area (Å²) in [6.07, 6.45) is 0.900. The third-order valence-corrected chi connectivity index (χ3v) is 4.04. The van der Waals surface area contributed by atoms with Gasteiger partial charge in [-0.15, -0.1) is 0 Å². The Bertz CT molecular complexity index is 783. The van der Waals surface area contributed by atoms with Gasteiger partial charge in [0.2, 0.25) is 0 Å². The van der Waals surface area contributed by atoms with E-state index in [1.54, 1.807) is 0 Å². The molecule has 0 unspecified atom stereocenters. The first kappa shape index (κ1) is 27.7. The zero-order valence-corrected chi connectivity index (χ0v) is 19.7. The van der Waals surface area contributed by atoms with E-state index in [1.165, 1.54) is 0 Å². The van der Waals surface area contributed by atoms with E-state index in [4.69, 9.17) is 5.73 Å². The van der Waals surface area contributed by atoms with Crippen LogP contribution in [0.15, 0.2) is 44.0 Å². The second kappa shape index (κ2) is 14.6. The van der Waals surface area contributed by atoms with Crippen LogP contribution in [0.25, 0.3) is 27.6 Å². The van der Waals surface area contributed by atoms with Crippen molar-refractivity contribution >= 4 is 33.3 Å². The van der Waals surface area contributed by atoms with Crippen molar-refractivity contribution in [3.8, 4) is 0 Å². The number of rotatable bonds is 5. The first-order chi connectivity index (χ1) is 13.4. The van der Waals surface area contributed by atoms with Crippen molar-refractivity contribution < 1.29 is 0 Å². The smallest absolute Gasteiger partial charge is 0.0424 e. The summed E-state index contributed by atoms with van der Waals surface area (Å²) in [6, 6.07) is 8.29. The molecule has 28 heavy (non-hydrogen) atoms. The number of anilines is 1. The largest absolute Gasteiger partial charge is 0.399 e. The lowest BCUT2D eigenvalue weighted by Gasteiger charge is -2.19. The van der Waals surface area contributed by atoms with Crippen molar-refractivity contribution in [1.82, 2.24) is 0 Å². The van der Waals surface area contributed by atoms with Gasteiger partial charge >= 0.3 is 0 Å². The van der Waals surface area contributed by atoms with Crippen molar-refractivity contribution in [3.05, 3.63) is 60.7 Å². The van der Waals surface area contributed by atoms with Gasteiger partial charge in [0.1, 0.15) is 0 Å². The Morgan fingerprint density at radius 1 is 0.821 bits per heavy atom. The fourth-order valence-corrected chi connectivity index (χ4v) is 2.81. The monoisotopic (exact) mass is 382 g/mol. The Balaban J connectivity index is 0. The number of hydrogen-bond acceptors (Lipinski definition) is 2. The molecule has 2 aromatic rings. The third kappa shape index (κ3) is 6.30. The first-order valence-corrected chi connectivity index (χ1v) is 10.5. The van der Waals surface area contributed by atoms with E-state index < -0.39 is 0 Å². The van der Waals surface area contributed by atoms with Crippen LogP contribution < -0.4 is 11.1 Å². The molecule has 0 aliphatic heterocycles. The van der Waals surface area contributed by atoms with Crippen LogP contribution in [0.3, 0.4) is 0 Å². The Hall–Kier alpha value is -2.48. The zero-order valence-electron chi connectivity index (χ0n) is 19.7. The normalized spacial score (nSPS) is 8.89. The Morgan fingerprint density at radius 3 is 1.68 bits per heavy atom. The van der Waals surface area contributed by atoms with E-state index >= 15 is 0 Å². The molecule has 0 heterocycles. The van der Waals surface area contributed by atoms with Crippen LogP contribution >= 0.6 is 0 Å². The highest BCUT2D eigenvalue weighted by Crippen LogP contribution is 2.39. The lowest BCUT2D eigenvalue weighted by Crippen LogP contribution is -2.02. The summed E-state index contributed by atoms with van der Waals surface area (Å²) in [5.74, 6) is 0. The van der Waals surface area contributed by atoms with Crippen LogP contribution in [0, 0.1) is 0 Å². The van der Waals surface area contributed by atoms with E-state index in [0.29, 0.717) is 5.70 Å². The second-order valence-corrected chi connectivity index (χ2v) is 5.58. The molecule has 2 rings (SSSR count). The topological polar surface area (TPSA) is 38.0 Å². The fraction of sp³-hybridized carbons (Fsp3) is 0.385. The predicted octanol–water partition coefficient (Wildman–Crippen LogP) is 8.35. The van der Waals surface area contributed by atoms with Gasteiger partial charge in [-0.2, -0.15) is 0 Å². The molecule has 0 atom stereocenters. The second-order valence-electron chi connectivity index (χ2n) is 5.58. The van der Waals surface area contributed by atoms with Crippen LogP contribution in [0.2, 0.25) is 0 Å². The summed E-state index contributed by atoms with van der Waals surface area (Å²) in [5, 5.41) is 5.49. The molecule has 0 amide bonds. The van der Waals surface area contributed by atoms with Gasteiger partial charge in [-0.25, -0.2) is 0 Å². The lowest BCUT2D eigenvalue weighted by atomic mass is 9.88. The Labute approximate surface area is 174 Å². The molecule has 2 nitrogen and oxygen atoms in total. The van der Waals surface area contributed by atoms with Gasteiger partial charge in [0, 0.05) is 29.4 Å². The SMILES string of the molecule is C=C(N)c1ccc(C(=C)CC)c2c(C(=C)C)ccc(NC)c12.CC.CC.CC. The van der Waals surface area contributed by atoms with Crippen LogP contribution in [0.4, 0.5) is 5.69 Å². The zero-order chi connectivity index (χ0) is 22.4. The highest BCUT2D eigenvalue weighted by Gasteiger charge is 2.16. The predicted molar refractivity (Wildman–Crippen MR) is 135 cm³/mol. The minimum atomic E-state index is 0.564. The van der Waals surface area contributed by atoms with Gasteiger partial charge < -0.3 is 11.1 Å². The number of hydrogen-bond donors (Lipinski definition) is 2. The van der Waals surface area contributed by atoms with Crippen molar-refractivity contribution in [2.45, 2.75) is 61.8 Å². The molecular weight excluding hydrogens is 340 g/mol. The van der Waals surface area contributed by atoms with E-state index in [2.05, 4.69) is 50.2 Å². The van der Waals surface area contributed by atoms with Crippen LogP contribution in [-0.4, -0.2) is 7.05 Å². The van der Waals surface area contributed by atoms with Gasteiger partial charge in [-0.3, -0.25) is 0 Å².